The highest BCUT2D eigenvalue weighted by atomic mass is 16.5. The first-order chi connectivity index (χ1) is 13.6. The minimum absolute atomic E-state index is 0.117. The molecule has 3 heterocycles. The number of ether oxygens (including phenoxy) is 2. The van der Waals surface area contributed by atoms with E-state index in [9.17, 15) is 15.3 Å². The van der Waals surface area contributed by atoms with E-state index in [2.05, 4.69) is 20.3 Å². The van der Waals surface area contributed by atoms with Gasteiger partial charge in [-0.2, -0.15) is 0 Å². The Bertz CT molecular complexity index is 978. The first-order valence-corrected chi connectivity index (χ1v) is 8.83. The zero-order valence-corrected chi connectivity index (χ0v) is 15.2. The average Bonchev–Trinajstić information content (AvgIpc) is 3.30. The third kappa shape index (κ3) is 3.21. The van der Waals surface area contributed by atoms with Crippen molar-refractivity contribution in [2.75, 3.05) is 19.0 Å². The van der Waals surface area contributed by atoms with Crippen LogP contribution in [0.3, 0.4) is 0 Å². The predicted octanol–water partition coefficient (Wildman–Crippen LogP) is 0.793. The maximum atomic E-state index is 10.1. The van der Waals surface area contributed by atoms with Gasteiger partial charge in [0.05, 0.1) is 31.7 Å². The van der Waals surface area contributed by atoms with Gasteiger partial charge in [0, 0.05) is 13.0 Å². The Morgan fingerprint density at radius 2 is 2.18 bits per heavy atom. The Hall–Kier alpha value is -2.95. The molecule has 1 fully saturated rings. The van der Waals surface area contributed by atoms with Gasteiger partial charge in [-0.3, -0.25) is 4.57 Å². The average molecular weight is 387 g/mol. The van der Waals surface area contributed by atoms with Gasteiger partial charge in [-0.05, 0) is 12.1 Å². The number of aliphatic hydroxyl groups is 2. The summed E-state index contributed by atoms with van der Waals surface area (Å²) in [6.07, 6.45) is 1.45. The first kappa shape index (κ1) is 18.4. The molecule has 1 saturated heterocycles. The molecule has 2 aromatic heterocycles. The summed E-state index contributed by atoms with van der Waals surface area (Å²) in [5, 5.41) is 32.5. The van der Waals surface area contributed by atoms with Crippen molar-refractivity contribution in [2.45, 2.75) is 31.4 Å². The Balaban J connectivity index is 1.59. The van der Waals surface area contributed by atoms with E-state index in [1.54, 1.807) is 36.2 Å². The van der Waals surface area contributed by atoms with Gasteiger partial charge in [-0.1, -0.05) is 6.07 Å². The smallest absolute Gasteiger partial charge is 0.167 e. The lowest BCUT2D eigenvalue weighted by Crippen LogP contribution is -2.24. The van der Waals surface area contributed by atoms with Crippen molar-refractivity contribution in [3.05, 3.63) is 36.4 Å². The first-order valence-electron chi connectivity index (χ1n) is 8.83. The highest BCUT2D eigenvalue weighted by Crippen LogP contribution is 2.32. The van der Waals surface area contributed by atoms with E-state index in [-0.39, 0.29) is 18.9 Å². The van der Waals surface area contributed by atoms with Crippen LogP contribution in [-0.4, -0.2) is 60.8 Å². The van der Waals surface area contributed by atoms with Crippen LogP contribution in [0.5, 0.6) is 11.5 Å². The fourth-order valence-corrected chi connectivity index (χ4v) is 3.34. The topological polar surface area (TPSA) is 135 Å². The number of nitrogens with one attached hydrogen (secondary N) is 1. The van der Waals surface area contributed by atoms with Crippen molar-refractivity contribution in [1.29, 1.82) is 0 Å². The molecule has 1 aliphatic rings. The number of imidazole rings is 1. The van der Waals surface area contributed by atoms with Gasteiger partial charge in [0.15, 0.2) is 17.0 Å². The molecule has 1 aromatic carbocycles. The van der Waals surface area contributed by atoms with Crippen LogP contribution in [-0.2, 0) is 11.3 Å². The molecular formula is C18H21N5O5. The molecule has 3 aromatic rings. The molecule has 0 aliphatic carbocycles. The van der Waals surface area contributed by atoms with Gasteiger partial charge >= 0.3 is 0 Å². The van der Waals surface area contributed by atoms with Crippen LogP contribution < -0.4 is 10.1 Å². The van der Waals surface area contributed by atoms with Crippen molar-refractivity contribution < 1.29 is 24.8 Å². The second-order valence-electron chi connectivity index (χ2n) is 6.47. The second-order valence-corrected chi connectivity index (χ2v) is 6.47. The standard InChI is InChI=1S/C18H21N5O5/c1-27-13-4-2-3-11(25)10(13)6-19-17-16-18(21-8-20-17)23(9-22-16)15-5-12(26)14(7-24)28-15/h2-4,8-9,12,14-15,24-26H,5-7H2,1H3,(H,19,20,21)/t12-,14+,15?/m0/s1. The number of phenolic OH excluding ortho intramolecular Hbond substituents is 1. The van der Waals surface area contributed by atoms with E-state index in [1.807, 2.05) is 0 Å². The van der Waals surface area contributed by atoms with Crippen LogP contribution in [0.15, 0.2) is 30.9 Å². The van der Waals surface area contributed by atoms with Gasteiger partial charge in [-0.25, -0.2) is 15.0 Å². The molecule has 28 heavy (non-hydrogen) atoms. The molecule has 0 amide bonds. The Morgan fingerprint density at radius 1 is 1.32 bits per heavy atom. The predicted molar refractivity (Wildman–Crippen MR) is 98.9 cm³/mol. The summed E-state index contributed by atoms with van der Waals surface area (Å²) in [6.45, 7) is 0.0224. The summed E-state index contributed by atoms with van der Waals surface area (Å²) in [5.41, 5.74) is 1.67. The summed E-state index contributed by atoms with van der Waals surface area (Å²) in [4.78, 5) is 12.9. The van der Waals surface area contributed by atoms with E-state index in [0.29, 0.717) is 34.7 Å². The highest BCUT2D eigenvalue weighted by molar-refractivity contribution is 5.82. The molecule has 1 aliphatic heterocycles. The number of rotatable bonds is 6. The largest absolute Gasteiger partial charge is 0.507 e. The normalized spacial score (nSPS) is 21.9. The monoisotopic (exact) mass is 387 g/mol. The number of nitrogens with zero attached hydrogens (tertiary/aromatic N) is 4. The summed E-state index contributed by atoms with van der Waals surface area (Å²) >= 11 is 0. The van der Waals surface area contributed by atoms with E-state index in [0.717, 1.165) is 0 Å². The summed E-state index contributed by atoms with van der Waals surface area (Å²) in [7, 11) is 1.54. The molecule has 10 nitrogen and oxygen atoms in total. The zero-order chi connectivity index (χ0) is 19.7. The molecule has 4 rings (SSSR count). The number of methoxy groups -OCH3 is 1. The van der Waals surface area contributed by atoms with Gasteiger partial charge in [0.1, 0.15) is 30.2 Å². The number of hydrogen-bond donors (Lipinski definition) is 4. The lowest BCUT2D eigenvalue weighted by atomic mass is 10.1. The van der Waals surface area contributed by atoms with E-state index < -0.39 is 18.4 Å². The third-order valence-electron chi connectivity index (χ3n) is 4.81. The highest BCUT2D eigenvalue weighted by Gasteiger charge is 2.35. The molecule has 1 unspecified atom stereocenters. The van der Waals surface area contributed by atoms with Crippen LogP contribution in [0.4, 0.5) is 5.82 Å². The molecule has 0 radical (unpaired) electrons. The summed E-state index contributed by atoms with van der Waals surface area (Å²) < 4.78 is 12.7. The number of anilines is 1. The van der Waals surface area contributed by atoms with Crippen LogP contribution in [0, 0.1) is 0 Å². The Morgan fingerprint density at radius 3 is 2.93 bits per heavy atom. The molecule has 0 bridgehead atoms. The zero-order valence-electron chi connectivity index (χ0n) is 15.2. The minimum Gasteiger partial charge on any atom is -0.507 e. The molecule has 3 atom stereocenters. The molecular weight excluding hydrogens is 366 g/mol. The van der Waals surface area contributed by atoms with Gasteiger partial charge < -0.3 is 30.1 Å². The number of phenols is 1. The van der Waals surface area contributed by atoms with Crippen LogP contribution in [0.2, 0.25) is 0 Å². The fraction of sp³-hybridized carbons (Fsp3) is 0.389. The SMILES string of the molecule is COc1cccc(O)c1CNc1ncnc2c1ncn2C1C[C@H](O)[C@@H](CO)O1. The third-order valence-corrected chi connectivity index (χ3v) is 4.81. The summed E-state index contributed by atoms with van der Waals surface area (Å²) in [5.74, 6) is 1.17. The number of hydrogen-bond acceptors (Lipinski definition) is 9. The molecule has 0 spiro atoms. The van der Waals surface area contributed by atoms with E-state index >= 15 is 0 Å². The van der Waals surface area contributed by atoms with E-state index in [1.165, 1.54) is 6.33 Å². The van der Waals surface area contributed by atoms with Gasteiger partial charge in [0.2, 0.25) is 0 Å². The van der Waals surface area contributed by atoms with Crippen molar-refractivity contribution in [1.82, 2.24) is 19.5 Å². The minimum atomic E-state index is -0.750. The van der Waals surface area contributed by atoms with Crippen LogP contribution in [0.1, 0.15) is 18.2 Å². The van der Waals surface area contributed by atoms with E-state index in [4.69, 9.17) is 9.47 Å². The number of fused-ring (bicyclic) bond motifs is 1. The van der Waals surface area contributed by atoms with Crippen molar-refractivity contribution in [2.24, 2.45) is 0 Å². The van der Waals surface area contributed by atoms with Crippen molar-refractivity contribution in [3.63, 3.8) is 0 Å². The van der Waals surface area contributed by atoms with Crippen LogP contribution in [0.25, 0.3) is 11.2 Å². The molecule has 10 heteroatoms. The Labute approximate surface area is 160 Å². The molecule has 4 N–H and O–H groups in total. The fourth-order valence-electron chi connectivity index (χ4n) is 3.34. The number of aromatic nitrogens is 4. The van der Waals surface area contributed by atoms with Gasteiger partial charge in [0.25, 0.3) is 0 Å². The van der Waals surface area contributed by atoms with Gasteiger partial charge in [-0.15, -0.1) is 0 Å². The molecule has 148 valence electrons. The number of aliphatic hydroxyl groups excluding tert-OH is 2. The number of aromatic hydroxyl groups is 1. The number of benzene rings is 1. The Kier molecular flexibility index (Phi) is 4.99. The maximum Gasteiger partial charge on any atom is 0.167 e. The van der Waals surface area contributed by atoms with Crippen molar-refractivity contribution in [3.8, 4) is 11.5 Å². The lowest BCUT2D eigenvalue weighted by molar-refractivity contribution is -0.0432. The maximum absolute atomic E-state index is 10.1. The molecule has 0 saturated carbocycles. The second kappa shape index (κ2) is 7.58. The van der Waals surface area contributed by atoms with Crippen LogP contribution >= 0.6 is 0 Å². The summed E-state index contributed by atoms with van der Waals surface area (Å²) in [6, 6.07) is 5.06. The van der Waals surface area contributed by atoms with Crippen molar-refractivity contribution >= 4 is 17.0 Å². The quantitative estimate of drug-likeness (QED) is 0.484. The lowest BCUT2D eigenvalue weighted by Gasteiger charge is -2.14.